The zero-order valence-electron chi connectivity index (χ0n) is 18.5. The fraction of sp³-hybridized carbons (Fsp3) is 0.292. The van der Waals surface area contributed by atoms with Gasteiger partial charge in [0.05, 0.1) is 33.7 Å². The van der Waals surface area contributed by atoms with E-state index in [9.17, 15) is 9.18 Å². The van der Waals surface area contributed by atoms with Gasteiger partial charge in [0.15, 0.2) is 0 Å². The summed E-state index contributed by atoms with van der Waals surface area (Å²) in [5.41, 5.74) is 2.64. The van der Waals surface area contributed by atoms with Crippen molar-refractivity contribution in [2.45, 2.75) is 39.8 Å². The van der Waals surface area contributed by atoms with Crippen molar-refractivity contribution >= 4 is 34.9 Å². The molecule has 1 atom stereocenters. The third-order valence-corrected chi connectivity index (χ3v) is 5.57. The molecular formula is C24H24Cl2FN3O3. The predicted molar refractivity (Wildman–Crippen MR) is 127 cm³/mol. The molecule has 0 fully saturated rings. The molecule has 174 valence electrons. The Bertz CT molecular complexity index is 1140. The van der Waals surface area contributed by atoms with Gasteiger partial charge in [0.1, 0.15) is 30.5 Å². The average molecular weight is 492 g/mol. The second-order valence-corrected chi connectivity index (χ2v) is 7.98. The van der Waals surface area contributed by atoms with Crippen LogP contribution in [0, 0.1) is 5.82 Å². The number of aryl methyl sites for hydroxylation is 1. The number of nitrogens with zero attached hydrogens (tertiary/aromatic N) is 2. The largest absolute Gasteiger partial charge is 0.489 e. The fourth-order valence-corrected chi connectivity index (χ4v) is 3.62. The number of rotatable bonds is 9. The van der Waals surface area contributed by atoms with Crippen LogP contribution in [0.1, 0.15) is 32.0 Å². The quantitative estimate of drug-likeness (QED) is 0.364. The van der Waals surface area contributed by atoms with Crippen LogP contribution in [0.2, 0.25) is 10.0 Å². The van der Waals surface area contributed by atoms with Gasteiger partial charge >= 0.3 is 5.97 Å². The second-order valence-electron chi connectivity index (χ2n) is 7.20. The maximum atomic E-state index is 14.8. The van der Waals surface area contributed by atoms with E-state index < -0.39 is 11.9 Å². The van der Waals surface area contributed by atoms with Crippen molar-refractivity contribution in [3.05, 3.63) is 69.8 Å². The molecule has 0 spiro atoms. The molecule has 0 bridgehead atoms. The van der Waals surface area contributed by atoms with Crippen molar-refractivity contribution in [3.8, 4) is 17.0 Å². The summed E-state index contributed by atoms with van der Waals surface area (Å²) in [5, 5.41) is 3.83. The summed E-state index contributed by atoms with van der Waals surface area (Å²) < 4.78 is 25.6. The second kappa shape index (κ2) is 11.3. The predicted octanol–water partition coefficient (Wildman–Crippen LogP) is 6.09. The van der Waals surface area contributed by atoms with Crippen molar-refractivity contribution in [2.24, 2.45) is 0 Å². The van der Waals surface area contributed by atoms with Gasteiger partial charge in [0.25, 0.3) is 0 Å². The van der Waals surface area contributed by atoms with E-state index >= 15 is 0 Å². The van der Waals surface area contributed by atoms with Gasteiger partial charge in [-0.05, 0) is 50.1 Å². The number of aromatic nitrogens is 2. The summed E-state index contributed by atoms with van der Waals surface area (Å²) in [6.45, 7) is 5.82. The molecule has 9 heteroatoms. The van der Waals surface area contributed by atoms with Gasteiger partial charge in [-0.25, -0.2) is 19.2 Å². The molecule has 3 aromatic rings. The van der Waals surface area contributed by atoms with E-state index in [4.69, 9.17) is 32.7 Å². The molecule has 0 saturated heterocycles. The first kappa shape index (κ1) is 24.7. The zero-order chi connectivity index (χ0) is 24.0. The topological polar surface area (TPSA) is 73.3 Å². The highest BCUT2D eigenvalue weighted by atomic mass is 35.5. The van der Waals surface area contributed by atoms with E-state index in [2.05, 4.69) is 15.3 Å². The zero-order valence-corrected chi connectivity index (χ0v) is 20.0. The Labute approximate surface area is 202 Å². The van der Waals surface area contributed by atoms with Crippen LogP contribution in [0.25, 0.3) is 11.3 Å². The molecule has 6 nitrogen and oxygen atoms in total. The fourth-order valence-electron chi connectivity index (χ4n) is 3.12. The number of hydrogen-bond acceptors (Lipinski definition) is 6. The number of carbonyl (C=O) groups excluding carboxylic acids is 1. The minimum absolute atomic E-state index is 0.173. The monoisotopic (exact) mass is 491 g/mol. The van der Waals surface area contributed by atoms with Gasteiger partial charge in [0.2, 0.25) is 0 Å². The SMILES string of the molecule is CCOC(=O)C(C)Nc1cc(COc2ccc(-c3ncnc(CC)c3Cl)c(F)c2)ccc1Cl. The lowest BCUT2D eigenvalue weighted by Gasteiger charge is -2.16. The first-order valence-corrected chi connectivity index (χ1v) is 11.2. The number of halogens is 3. The summed E-state index contributed by atoms with van der Waals surface area (Å²) in [6, 6.07) is 9.22. The van der Waals surface area contributed by atoms with Crippen molar-refractivity contribution in [1.29, 1.82) is 0 Å². The van der Waals surface area contributed by atoms with Gasteiger partial charge in [0, 0.05) is 11.6 Å². The highest BCUT2D eigenvalue weighted by Crippen LogP contribution is 2.32. The van der Waals surface area contributed by atoms with Gasteiger partial charge < -0.3 is 14.8 Å². The normalized spacial score (nSPS) is 11.7. The van der Waals surface area contributed by atoms with E-state index in [0.29, 0.717) is 45.9 Å². The smallest absolute Gasteiger partial charge is 0.328 e. The molecule has 0 aliphatic carbocycles. The lowest BCUT2D eigenvalue weighted by atomic mass is 10.1. The van der Waals surface area contributed by atoms with Crippen LogP contribution in [0.3, 0.4) is 0 Å². The average Bonchev–Trinajstić information content (AvgIpc) is 2.80. The Morgan fingerprint density at radius 3 is 2.64 bits per heavy atom. The van der Waals surface area contributed by atoms with Crippen molar-refractivity contribution in [3.63, 3.8) is 0 Å². The summed E-state index contributed by atoms with van der Waals surface area (Å²) in [5.74, 6) is -0.529. The molecular weight excluding hydrogens is 468 g/mol. The number of ether oxygens (including phenoxy) is 2. The summed E-state index contributed by atoms with van der Waals surface area (Å²) >= 11 is 12.6. The minimum Gasteiger partial charge on any atom is -0.489 e. The third kappa shape index (κ3) is 6.12. The van der Waals surface area contributed by atoms with Crippen LogP contribution in [-0.4, -0.2) is 28.6 Å². The number of esters is 1. The van der Waals surface area contributed by atoms with Crippen LogP contribution in [0.4, 0.5) is 10.1 Å². The molecule has 33 heavy (non-hydrogen) atoms. The van der Waals surface area contributed by atoms with Gasteiger partial charge in [-0.2, -0.15) is 0 Å². The number of carbonyl (C=O) groups is 1. The Kier molecular flexibility index (Phi) is 8.47. The van der Waals surface area contributed by atoms with Crippen molar-refractivity contribution in [1.82, 2.24) is 9.97 Å². The molecule has 0 radical (unpaired) electrons. The van der Waals surface area contributed by atoms with E-state index in [0.717, 1.165) is 5.56 Å². The van der Waals surface area contributed by atoms with Gasteiger partial charge in [-0.15, -0.1) is 0 Å². The highest BCUT2D eigenvalue weighted by molar-refractivity contribution is 6.33. The molecule has 1 unspecified atom stereocenters. The highest BCUT2D eigenvalue weighted by Gasteiger charge is 2.16. The Morgan fingerprint density at radius 2 is 1.94 bits per heavy atom. The molecule has 1 aromatic heterocycles. The molecule has 0 amide bonds. The van der Waals surface area contributed by atoms with E-state index in [1.165, 1.54) is 12.4 Å². The Balaban J connectivity index is 1.72. The maximum Gasteiger partial charge on any atom is 0.328 e. The van der Waals surface area contributed by atoms with Crippen LogP contribution >= 0.6 is 23.2 Å². The molecule has 1 heterocycles. The first-order chi connectivity index (χ1) is 15.8. The van der Waals surface area contributed by atoms with Gasteiger partial charge in [-0.1, -0.05) is 36.2 Å². The standard InChI is InChI=1S/C24H24Cl2FN3O3/c1-4-20-22(26)23(29-13-28-20)17-8-7-16(11-19(17)27)33-12-15-6-9-18(25)21(10-15)30-14(3)24(31)32-5-2/h6-11,13-14,30H,4-5,12H2,1-3H3. The molecule has 1 N–H and O–H groups in total. The Morgan fingerprint density at radius 1 is 1.15 bits per heavy atom. The molecule has 3 rings (SSSR count). The van der Waals surface area contributed by atoms with Crippen LogP contribution in [0.15, 0.2) is 42.7 Å². The number of nitrogens with one attached hydrogen (secondary N) is 1. The molecule has 2 aromatic carbocycles. The van der Waals surface area contributed by atoms with Crippen LogP contribution in [0.5, 0.6) is 5.75 Å². The number of benzene rings is 2. The van der Waals surface area contributed by atoms with Crippen molar-refractivity contribution in [2.75, 3.05) is 11.9 Å². The number of anilines is 1. The Hall–Kier alpha value is -2.90. The first-order valence-electron chi connectivity index (χ1n) is 10.5. The van der Waals surface area contributed by atoms with Crippen LogP contribution < -0.4 is 10.1 Å². The lowest BCUT2D eigenvalue weighted by Crippen LogP contribution is -2.28. The van der Waals surface area contributed by atoms with E-state index in [-0.39, 0.29) is 18.1 Å². The summed E-state index contributed by atoms with van der Waals surface area (Å²) in [6.07, 6.45) is 1.99. The third-order valence-electron chi connectivity index (χ3n) is 4.84. The van der Waals surface area contributed by atoms with Gasteiger partial charge in [-0.3, -0.25) is 0 Å². The summed E-state index contributed by atoms with van der Waals surface area (Å²) in [7, 11) is 0. The molecule has 0 aliphatic rings. The molecule has 0 aliphatic heterocycles. The lowest BCUT2D eigenvalue weighted by molar-refractivity contribution is -0.143. The van der Waals surface area contributed by atoms with Crippen LogP contribution in [-0.2, 0) is 22.6 Å². The van der Waals surface area contributed by atoms with E-state index in [1.54, 1.807) is 44.2 Å². The maximum absolute atomic E-state index is 14.8. The number of hydrogen-bond donors (Lipinski definition) is 1. The van der Waals surface area contributed by atoms with Crippen molar-refractivity contribution < 1.29 is 18.7 Å². The minimum atomic E-state index is -0.567. The van der Waals surface area contributed by atoms with E-state index in [1.807, 2.05) is 6.92 Å². The summed E-state index contributed by atoms with van der Waals surface area (Å²) in [4.78, 5) is 20.1. The molecule has 0 saturated carbocycles.